The number of anilines is 1. The summed E-state index contributed by atoms with van der Waals surface area (Å²) >= 11 is 0. The molecular formula is C14H19FN2O. The predicted octanol–water partition coefficient (Wildman–Crippen LogP) is 3.59. The lowest BCUT2D eigenvalue weighted by molar-refractivity contribution is 0.244. The third-order valence-corrected chi connectivity index (χ3v) is 3.31. The fourth-order valence-electron chi connectivity index (χ4n) is 2.31. The number of urea groups is 1. The third-order valence-electron chi connectivity index (χ3n) is 3.31. The van der Waals surface area contributed by atoms with Gasteiger partial charge in [0, 0.05) is 6.04 Å². The van der Waals surface area contributed by atoms with E-state index in [1.165, 1.54) is 12.5 Å². The topological polar surface area (TPSA) is 41.1 Å². The molecule has 0 saturated heterocycles. The Hall–Kier alpha value is -1.58. The number of carbonyl (C=O) groups excluding carboxylic acids is 1. The summed E-state index contributed by atoms with van der Waals surface area (Å²) in [5, 5.41) is 5.45. The molecule has 0 heterocycles. The Kier molecular flexibility index (Phi) is 4.18. The summed E-state index contributed by atoms with van der Waals surface area (Å²) in [5.74, 6) is -0.395. The van der Waals surface area contributed by atoms with Crippen LogP contribution in [0.3, 0.4) is 0 Å². The lowest BCUT2D eigenvalue weighted by Crippen LogP contribution is -2.39. The van der Waals surface area contributed by atoms with Crippen molar-refractivity contribution in [1.29, 1.82) is 0 Å². The Morgan fingerprint density at radius 3 is 2.67 bits per heavy atom. The Morgan fingerprint density at radius 1 is 1.28 bits per heavy atom. The van der Waals surface area contributed by atoms with Crippen LogP contribution >= 0.6 is 0 Å². The fraction of sp³-hybridized carbons (Fsp3) is 0.500. The summed E-state index contributed by atoms with van der Waals surface area (Å²) < 4.78 is 13.5. The summed E-state index contributed by atoms with van der Waals surface area (Å²) in [7, 11) is 0. The molecule has 0 radical (unpaired) electrons. The Balaban J connectivity index is 1.90. The van der Waals surface area contributed by atoms with Gasteiger partial charge >= 0.3 is 6.03 Å². The molecule has 1 aromatic rings. The number of carbonyl (C=O) groups is 1. The predicted molar refractivity (Wildman–Crippen MR) is 70.2 cm³/mol. The van der Waals surface area contributed by atoms with E-state index in [9.17, 15) is 9.18 Å². The van der Waals surface area contributed by atoms with Gasteiger partial charge in [-0.2, -0.15) is 0 Å². The molecule has 0 aromatic heterocycles. The van der Waals surface area contributed by atoms with Gasteiger partial charge in [0.2, 0.25) is 0 Å². The molecule has 0 atom stereocenters. The van der Waals surface area contributed by atoms with E-state index in [2.05, 4.69) is 10.6 Å². The molecule has 2 N–H and O–H groups in total. The minimum absolute atomic E-state index is 0.229. The van der Waals surface area contributed by atoms with E-state index in [-0.39, 0.29) is 17.8 Å². The van der Waals surface area contributed by atoms with Crippen molar-refractivity contribution in [2.24, 2.45) is 0 Å². The molecule has 98 valence electrons. The highest BCUT2D eigenvalue weighted by Gasteiger charge is 2.16. The minimum atomic E-state index is -0.395. The molecule has 1 fully saturated rings. The molecule has 3 nitrogen and oxygen atoms in total. The van der Waals surface area contributed by atoms with Crippen LogP contribution in [0.25, 0.3) is 0 Å². The van der Waals surface area contributed by atoms with Gasteiger partial charge < -0.3 is 10.6 Å². The summed E-state index contributed by atoms with van der Waals surface area (Å²) in [6.45, 7) is 1.81. The zero-order valence-electron chi connectivity index (χ0n) is 10.6. The van der Waals surface area contributed by atoms with Crippen molar-refractivity contribution < 1.29 is 9.18 Å². The number of hydrogen-bond acceptors (Lipinski definition) is 1. The standard InChI is InChI=1S/C14H19FN2O/c1-10-7-8-13(12(15)9-10)17-14(18)16-11-5-3-2-4-6-11/h7-9,11H,2-6H2,1H3,(H2,16,17,18). The molecule has 1 saturated carbocycles. The quantitative estimate of drug-likeness (QED) is 0.827. The minimum Gasteiger partial charge on any atom is -0.335 e. The average molecular weight is 250 g/mol. The molecule has 0 unspecified atom stereocenters. The van der Waals surface area contributed by atoms with Gasteiger partial charge in [-0.25, -0.2) is 9.18 Å². The first-order chi connectivity index (χ1) is 8.65. The van der Waals surface area contributed by atoms with Crippen LogP contribution in [0.4, 0.5) is 14.9 Å². The van der Waals surface area contributed by atoms with Gasteiger partial charge in [-0.3, -0.25) is 0 Å². The summed E-state index contributed by atoms with van der Waals surface area (Å²) in [6, 6.07) is 4.69. The largest absolute Gasteiger partial charge is 0.335 e. The van der Waals surface area contributed by atoms with Crippen LogP contribution in [0.2, 0.25) is 0 Å². The zero-order chi connectivity index (χ0) is 13.0. The van der Waals surface area contributed by atoms with Crippen molar-refractivity contribution in [2.45, 2.75) is 45.1 Å². The van der Waals surface area contributed by atoms with E-state index in [4.69, 9.17) is 0 Å². The van der Waals surface area contributed by atoms with Crippen LogP contribution in [0.5, 0.6) is 0 Å². The Morgan fingerprint density at radius 2 is 2.00 bits per heavy atom. The lowest BCUT2D eigenvalue weighted by Gasteiger charge is -2.22. The molecule has 1 aromatic carbocycles. The SMILES string of the molecule is Cc1ccc(NC(=O)NC2CCCCC2)c(F)c1. The number of amides is 2. The second kappa shape index (κ2) is 5.85. The number of benzene rings is 1. The van der Waals surface area contributed by atoms with Gasteiger partial charge in [-0.15, -0.1) is 0 Å². The maximum absolute atomic E-state index is 13.5. The molecule has 2 amide bonds. The number of hydrogen-bond donors (Lipinski definition) is 2. The molecular weight excluding hydrogens is 231 g/mol. The van der Waals surface area contributed by atoms with Crippen molar-refractivity contribution in [3.8, 4) is 0 Å². The van der Waals surface area contributed by atoms with Crippen molar-refractivity contribution >= 4 is 11.7 Å². The number of rotatable bonds is 2. The van der Waals surface area contributed by atoms with E-state index in [0.29, 0.717) is 0 Å². The molecule has 0 aliphatic heterocycles. The average Bonchev–Trinajstić information content (AvgIpc) is 2.34. The van der Waals surface area contributed by atoms with Crippen molar-refractivity contribution in [1.82, 2.24) is 5.32 Å². The van der Waals surface area contributed by atoms with Crippen LogP contribution in [0, 0.1) is 12.7 Å². The zero-order valence-corrected chi connectivity index (χ0v) is 10.6. The van der Waals surface area contributed by atoms with Crippen LogP contribution in [-0.4, -0.2) is 12.1 Å². The van der Waals surface area contributed by atoms with Crippen LogP contribution < -0.4 is 10.6 Å². The molecule has 0 bridgehead atoms. The van der Waals surface area contributed by atoms with Crippen molar-refractivity contribution in [3.05, 3.63) is 29.6 Å². The van der Waals surface area contributed by atoms with Gasteiger partial charge in [-0.05, 0) is 37.5 Å². The van der Waals surface area contributed by atoms with Crippen LogP contribution in [0.1, 0.15) is 37.7 Å². The first kappa shape index (κ1) is 12.9. The maximum atomic E-state index is 13.5. The summed E-state index contributed by atoms with van der Waals surface area (Å²) in [5.41, 5.74) is 1.07. The second-order valence-corrected chi connectivity index (χ2v) is 4.92. The third kappa shape index (κ3) is 3.45. The molecule has 1 aliphatic carbocycles. The lowest BCUT2D eigenvalue weighted by atomic mass is 9.96. The van der Waals surface area contributed by atoms with Gasteiger partial charge in [-0.1, -0.05) is 25.3 Å². The highest BCUT2D eigenvalue weighted by Crippen LogP contribution is 2.18. The van der Waals surface area contributed by atoms with Crippen LogP contribution in [0.15, 0.2) is 18.2 Å². The van der Waals surface area contributed by atoms with Gasteiger partial charge in [0.15, 0.2) is 0 Å². The molecule has 18 heavy (non-hydrogen) atoms. The van der Waals surface area contributed by atoms with E-state index in [1.54, 1.807) is 12.1 Å². The number of halogens is 1. The smallest absolute Gasteiger partial charge is 0.319 e. The van der Waals surface area contributed by atoms with E-state index < -0.39 is 5.82 Å². The van der Waals surface area contributed by atoms with Crippen molar-refractivity contribution in [2.75, 3.05) is 5.32 Å². The molecule has 4 heteroatoms. The Bertz CT molecular complexity index is 428. The van der Waals surface area contributed by atoms with Gasteiger partial charge in [0.1, 0.15) is 5.82 Å². The molecule has 1 aliphatic rings. The van der Waals surface area contributed by atoms with Gasteiger partial charge in [0.25, 0.3) is 0 Å². The normalized spacial score (nSPS) is 16.3. The second-order valence-electron chi connectivity index (χ2n) is 4.92. The fourth-order valence-corrected chi connectivity index (χ4v) is 2.31. The summed E-state index contributed by atoms with van der Waals surface area (Å²) in [4.78, 5) is 11.7. The van der Waals surface area contributed by atoms with Gasteiger partial charge in [0.05, 0.1) is 5.69 Å². The van der Waals surface area contributed by atoms with E-state index in [0.717, 1.165) is 31.2 Å². The van der Waals surface area contributed by atoms with E-state index in [1.807, 2.05) is 6.92 Å². The first-order valence-electron chi connectivity index (χ1n) is 6.49. The van der Waals surface area contributed by atoms with Crippen LogP contribution in [-0.2, 0) is 0 Å². The summed E-state index contributed by atoms with van der Waals surface area (Å²) in [6.07, 6.45) is 5.59. The Labute approximate surface area is 107 Å². The first-order valence-corrected chi connectivity index (χ1v) is 6.49. The monoisotopic (exact) mass is 250 g/mol. The number of aryl methyl sites for hydroxylation is 1. The number of nitrogens with one attached hydrogen (secondary N) is 2. The molecule has 2 rings (SSSR count). The maximum Gasteiger partial charge on any atom is 0.319 e. The molecule has 0 spiro atoms. The van der Waals surface area contributed by atoms with E-state index >= 15 is 0 Å². The highest BCUT2D eigenvalue weighted by molar-refractivity contribution is 5.89. The van der Waals surface area contributed by atoms with Crippen molar-refractivity contribution in [3.63, 3.8) is 0 Å². The highest BCUT2D eigenvalue weighted by atomic mass is 19.1.